The summed E-state index contributed by atoms with van der Waals surface area (Å²) in [6, 6.07) is 13.5. The van der Waals surface area contributed by atoms with Gasteiger partial charge in [0.15, 0.2) is 28.8 Å². The highest BCUT2D eigenvalue weighted by Crippen LogP contribution is 2.51. The van der Waals surface area contributed by atoms with E-state index in [1.807, 2.05) is 42.5 Å². The van der Waals surface area contributed by atoms with E-state index < -0.39 is 5.92 Å². The molecule has 3 heterocycles. The number of methoxy groups -OCH3 is 3. The Morgan fingerprint density at radius 1 is 1.00 bits per heavy atom. The van der Waals surface area contributed by atoms with E-state index >= 15 is 0 Å². The summed E-state index contributed by atoms with van der Waals surface area (Å²) in [5.41, 5.74) is 3.67. The lowest BCUT2D eigenvalue weighted by atomic mass is 9.70. The van der Waals surface area contributed by atoms with Crippen LogP contribution in [0.5, 0.6) is 23.1 Å². The highest BCUT2D eigenvalue weighted by molar-refractivity contribution is 6.00. The van der Waals surface area contributed by atoms with Crippen LogP contribution in [0.3, 0.4) is 0 Å². The second-order valence-electron chi connectivity index (χ2n) is 10.7. The first-order valence-electron chi connectivity index (χ1n) is 12.8. The average molecular weight is 527 g/mol. The quantitative estimate of drug-likeness (QED) is 0.350. The molecule has 1 aliphatic heterocycles. The molecule has 9 nitrogen and oxygen atoms in total. The zero-order chi connectivity index (χ0) is 27.3. The normalized spacial score (nSPS) is 17.9. The molecule has 2 aromatic heterocycles. The van der Waals surface area contributed by atoms with E-state index in [4.69, 9.17) is 29.0 Å². The number of hydrogen-bond acceptors (Lipinski definition) is 8. The Kier molecular flexibility index (Phi) is 6.01. The van der Waals surface area contributed by atoms with E-state index in [1.54, 1.807) is 32.2 Å². The van der Waals surface area contributed by atoms with Crippen LogP contribution in [0.4, 0.5) is 0 Å². The number of nitrogens with zero attached hydrogens (tertiary/aromatic N) is 4. The molecule has 200 valence electrons. The van der Waals surface area contributed by atoms with Crippen LogP contribution in [0.1, 0.15) is 55.1 Å². The summed E-state index contributed by atoms with van der Waals surface area (Å²) in [4.78, 5) is 23.2. The van der Waals surface area contributed by atoms with Crippen molar-refractivity contribution in [1.82, 2.24) is 19.6 Å². The van der Waals surface area contributed by atoms with E-state index in [2.05, 4.69) is 18.8 Å². The van der Waals surface area contributed by atoms with Gasteiger partial charge in [0.2, 0.25) is 5.88 Å². The van der Waals surface area contributed by atoms with Gasteiger partial charge in [0.1, 0.15) is 17.8 Å². The van der Waals surface area contributed by atoms with Crippen molar-refractivity contribution in [2.75, 3.05) is 21.3 Å². The summed E-state index contributed by atoms with van der Waals surface area (Å²) >= 11 is 0. The van der Waals surface area contributed by atoms with Gasteiger partial charge in [-0.3, -0.25) is 4.79 Å². The molecular weight excluding hydrogens is 496 g/mol. The van der Waals surface area contributed by atoms with Crippen molar-refractivity contribution < 1.29 is 23.7 Å². The summed E-state index contributed by atoms with van der Waals surface area (Å²) in [6.45, 7) is 4.17. The van der Waals surface area contributed by atoms with E-state index in [9.17, 15) is 4.79 Å². The number of benzene rings is 2. The maximum Gasteiger partial charge on any atom is 0.228 e. The minimum atomic E-state index is -0.443. The predicted molar refractivity (Wildman–Crippen MR) is 144 cm³/mol. The summed E-state index contributed by atoms with van der Waals surface area (Å²) in [5, 5.41) is 4.70. The van der Waals surface area contributed by atoms with Crippen molar-refractivity contribution in [1.29, 1.82) is 0 Å². The number of fused-ring (bicyclic) bond motifs is 3. The van der Waals surface area contributed by atoms with E-state index in [1.165, 1.54) is 0 Å². The molecule has 0 unspecified atom stereocenters. The van der Waals surface area contributed by atoms with Crippen LogP contribution in [0, 0.1) is 5.41 Å². The van der Waals surface area contributed by atoms with Crippen LogP contribution in [0.2, 0.25) is 0 Å². The van der Waals surface area contributed by atoms with Gasteiger partial charge in [-0.15, -0.1) is 5.10 Å². The van der Waals surface area contributed by atoms with Crippen molar-refractivity contribution in [3.63, 3.8) is 0 Å². The van der Waals surface area contributed by atoms with Gasteiger partial charge in [0, 0.05) is 24.8 Å². The number of ether oxygens (including phenoxy) is 4. The average Bonchev–Trinajstić information content (AvgIpc) is 3.34. The molecule has 0 amide bonds. The number of allylic oxidation sites excluding steroid dienone is 2. The summed E-state index contributed by atoms with van der Waals surface area (Å²) in [5.74, 6) is 3.34. The molecule has 1 atom stereocenters. The highest BCUT2D eigenvalue weighted by Gasteiger charge is 2.44. The molecule has 0 radical (unpaired) electrons. The fourth-order valence-electron chi connectivity index (χ4n) is 5.56. The number of hydrogen-bond donors (Lipinski definition) is 0. The highest BCUT2D eigenvalue weighted by atomic mass is 16.5. The van der Waals surface area contributed by atoms with Crippen LogP contribution < -0.4 is 18.9 Å². The van der Waals surface area contributed by atoms with Gasteiger partial charge < -0.3 is 18.9 Å². The van der Waals surface area contributed by atoms with Crippen molar-refractivity contribution in [3.05, 3.63) is 82.6 Å². The molecule has 0 bridgehead atoms. The number of ketones is 1. The molecule has 0 saturated heterocycles. The Morgan fingerprint density at radius 2 is 1.77 bits per heavy atom. The predicted octanol–water partition coefficient (Wildman–Crippen LogP) is 4.91. The number of carbonyl (C=O) groups excluding carboxylic acids is 1. The third-order valence-corrected chi connectivity index (χ3v) is 7.37. The molecular formula is C30H30N4O5. The Labute approximate surface area is 226 Å². The van der Waals surface area contributed by atoms with Gasteiger partial charge in [-0.05, 0) is 40.8 Å². The zero-order valence-corrected chi connectivity index (χ0v) is 22.6. The van der Waals surface area contributed by atoms with Crippen LogP contribution >= 0.6 is 0 Å². The second-order valence-corrected chi connectivity index (χ2v) is 10.7. The maximum atomic E-state index is 13.7. The molecule has 4 aromatic rings. The zero-order valence-electron chi connectivity index (χ0n) is 22.6. The number of aromatic nitrogens is 4. The fourth-order valence-corrected chi connectivity index (χ4v) is 5.56. The minimum absolute atomic E-state index is 0.0617. The van der Waals surface area contributed by atoms with Crippen LogP contribution in [0.25, 0.3) is 5.65 Å². The van der Waals surface area contributed by atoms with Crippen molar-refractivity contribution in [2.24, 2.45) is 5.41 Å². The fraction of sp³-hybridized carbons (Fsp3) is 0.333. The van der Waals surface area contributed by atoms with Gasteiger partial charge in [-0.1, -0.05) is 32.0 Å². The summed E-state index contributed by atoms with van der Waals surface area (Å²) < 4.78 is 24.4. The van der Waals surface area contributed by atoms with E-state index in [0.717, 1.165) is 16.9 Å². The number of rotatable bonds is 6. The third-order valence-electron chi connectivity index (χ3n) is 7.37. The lowest BCUT2D eigenvalue weighted by molar-refractivity contribution is -0.118. The standard InChI is InChI=1S/C30H30N4O5/c1-30(2)14-20(35)26-23(15-30)39-29-27(25(26)18-8-11-21(37-4)22(13-18)38-5)28-32-24(33-34(28)16-31-29)12-17-6-9-19(36-3)10-7-17/h6-11,13,16,25H,12,14-15H2,1-5H3/t25-/m0/s1. The first kappa shape index (κ1) is 24.9. The van der Waals surface area contributed by atoms with Gasteiger partial charge in [0.25, 0.3) is 0 Å². The van der Waals surface area contributed by atoms with Gasteiger partial charge in [-0.25, -0.2) is 14.5 Å². The van der Waals surface area contributed by atoms with Crippen LogP contribution in [-0.2, 0) is 11.2 Å². The maximum absolute atomic E-state index is 13.7. The monoisotopic (exact) mass is 526 g/mol. The Morgan fingerprint density at radius 3 is 2.49 bits per heavy atom. The van der Waals surface area contributed by atoms with Crippen LogP contribution in [0.15, 0.2) is 60.1 Å². The van der Waals surface area contributed by atoms with Gasteiger partial charge in [0.05, 0.1) is 32.8 Å². The molecule has 1 aliphatic carbocycles. The largest absolute Gasteiger partial charge is 0.497 e. The summed E-state index contributed by atoms with van der Waals surface area (Å²) in [7, 11) is 4.84. The first-order chi connectivity index (χ1) is 18.8. The van der Waals surface area contributed by atoms with Gasteiger partial charge in [-0.2, -0.15) is 0 Å². The van der Waals surface area contributed by atoms with E-state index in [0.29, 0.717) is 65.0 Å². The Hall–Kier alpha value is -4.40. The van der Waals surface area contributed by atoms with E-state index in [-0.39, 0.29) is 11.2 Å². The second kappa shape index (κ2) is 9.41. The number of Topliss-reactive ketones (excluding diaryl/α,β-unsaturated/α-hetero) is 1. The lowest BCUT2D eigenvalue weighted by Crippen LogP contribution is -2.33. The Bertz CT molecular complexity index is 1620. The molecule has 2 aliphatic rings. The SMILES string of the molecule is COc1ccc(Cc2nc3c4c(ncn3n2)OC2=C(C(=O)CC(C)(C)C2)[C@@H]4c2ccc(OC)c(OC)c2)cc1. The molecule has 39 heavy (non-hydrogen) atoms. The van der Waals surface area contributed by atoms with Crippen molar-refractivity contribution in [2.45, 2.75) is 39.0 Å². The molecule has 9 heteroatoms. The molecule has 2 aromatic carbocycles. The summed E-state index contributed by atoms with van der Waals surface area (Å²) in [6.07, 6.45) is 3.22. The third kappa shape index (κ3) is 4.37. The molecule has 0 N–H and O–H groups in total. The molecule has 6 rings (SSSR count). The first-order valence-corrected chi connectivity index (χ1v) is 12.8. The molecule has 0 spiro atoms. The van der Waals surface area contributed by atoms with Crippen molar-refractivity contribution >= 4 is 11.4 Å². The van der Waals surface area contributed by atoms with Crippen LogP contribution in [-0.4, -0.2) is 46.7 Å². The minimum Gasteiger partial charge on any atom is -0.497 e. The molecule has 0 fully saturated rings. The molecule has 0 saturated carbocycles. The lowest BCUT2D eigenvalue weighted by Gasteiger charge is -2.37. The van der Waals surface area contributed by atoms with Crippen molar-refractivity contribution in [3.8, 4) is 23.1 Å². The number of carbonyl (C=O) groups is 1. The van der Waals surface area contributed by atoms with Gasteiger partial charge >= 0.3 is 0 Å². The smallest absolute Gasteiger partial charge is 0.228 e. The Balaban J connectivity index is 1.51. The topological polar surface area (TPSA) is 97.1 Å².